The fraction of sp³-hybridized carbons (Fsp3) is 0.800. The molecule has 0 fully saturated rings. The Morgan fingerprint density at radius 2 is 2.08 bits per heavy atom. The molecule has 0 amide bonds. The molecular formula is C10H20O3. The van der Waals surface area contributed by atoms with Gasteiger partial charge in [0.25, 0.3) is 0 Å². The van der Waals surface area contributed by atoms with Crippen molar-refractivity contribution in [3.63, 3.8) is 0 Å². The van der Waals surface area contributed by atoms with E-state index in [4.69, 9.17) is 14.6 Å². The van der Waals surface area contributed by atoms with E-state index in [0.717, 1.165) is 6.42 Å². The lowest BCUT2D eigenvalue weighted by Crippen LogP contribution is -2.21. The molecule has 0 heterocycles. The zero-order chi connectivity index (χ0) is 10.2. The Morgan fingerprint density at radius 3 is 2.54 bits per heavy atom. The Hall–Kier alpha value is -0.380. The SMILES string of the molecule is C=CC(C)(CO)CCOCCOC. The maximum absolute atomic E-state index is 9.04. The highest BCUT2D eigenvalue weighted by molar-refractivity contribution is 4.90. The van der Waals surface area contributed by atoms with Crippen LogP contribution in [0.5, 0.6) is 0 Å². The van der Waals surface area contributed by atoms with Crippen molar-refractivity contribution in [3.8, 4) is 0 Å². The van der Waals surface area contributed by atoms with Crippen molar-refractivity contribution in [2.75, 3.05) is 33.5 Å². The summed E-state index contributed by atoms with van der Waals surface area (Å²) < 4.78 is 10.1. The van der Waals surface area contributed by atoms with Crippen LogP contribution in [-0.2, 0) is 9.47 Å². The van der Waals surface area contributed by atoms with Crippen LogP contribution in [0.1, 0.15) is 13.3 Å². The second kappa shape index (κ2) is 7.06. The monoisotopic (exact) mass is 188 g/mol. The molecule has 0 aromatic heterocycles. The Balaban J connectivity index is 3.44. The van der Waals surface area contributed by atoms with E-state index >= 15 is 0 Å². The van der Waals surface area contributed by atoms with Crippen LogP contribution in [0.15, 0.2) is 12.7 Å². The Morgan fingerprint density at radius 1 is 1.38 bits per heavy atom. The summed E-state index contributed by atoms with van der Waals surface area (Å²) in [5.41, 5.74) is -0.215. The molecule has 1 N–H and O–H groups in total. The van der Waals surface area contributed by atoms with Gasteiger partial charge in [0.15, 0.2) is 0 Å². The highest BCUT2D eigenvalue weighted by atomic mass is 16.5. The number of rotatable bonds is 8. The number of ether oxygens (including phenoxy) is 2. The van der Waals surface area contributed by atoms with Crippen LogP contribution < -0.4 is 0 Å². The van der Waals surface area contributed by atoms with Gasteiger partial charge in [-0.25, -0.2) is 0 Å². The smallest absolute Gasteiger partial charge is 0.0700 e. The molecule has 1 atom stereocenters. The van der Waals surface area contributed by atoms with E-state index in [9.17, 15) is 0 Å². The molecule has 78 valence electrons. The third-order valence-corrected chi connectivity index (χ3v) is 2.10. The normalized spacial score (nSPS) is 15.3. The number of methoxy groups -OCH3 is 1. The third kappa shape index (κ3) is 5.80. The molecule has 1 unspecified atom stereocenters. The lowest BCUT2D eigenvalue weighted by atomic mass is 9.88. The van der Waals surface area contributed by atoms with Crippen molar-refractivity contribution < 1.29 is 14.6 Å². The molecule has 13 heavy (non-hydrogen) atoms. The minimum atomic E-state index is -0.215. The van der Waals surface area contributed by atoms with Crippen LogP contribution in [0, 0.1) is 5.41 Å². The van der Waals surface area contributed by atoms with E-state index in [1.165, 1.54) is 0 Å². The molecular weight excluding hydrogens is 168 g/mol. The summed E-state index contributed by atoms with van der Waals surface area (Å²) >= 11 is 0. The Labute approximate surface area is 80.4 Å². The fourth-order valence-electron chi connectivity index (χ4n) is 0.795. The average Bonchev–Trinajstić information content (AvgIpc) is 2.17. The van der Waals surface area contributed by atoms with Gasteiger partial charge in [-0.05, 0) is 6.42 Å². The van der Waals surface area contributed by atoms with E-state index in [2.05, 4.69) is 6.58 Å². The van der Waals surface area contributed by atoms with Crippen molar-refractivity contribution >= 4 is 0 Å². The van der Waals surface area contributed by atoms with Gasteiger partial charge in [0.05, 0.1) is 19.8 Å². The van der Waals surface area contributed by atoms with E-state index in [0.29, 0.717) is 19.8 Å². The van der Waals surface area contributed by atoms with Gasteiger partial charge in [-0.15, -0.1) is 6.58 Å². The summed E-state index contributed by atoms with van der Waals surface area (Å²) in [4.78, 5) is 0. The van der Waals surface area contributed by atoms with Crippen molar-refractivity contribution in [2.45, 2.75) is 13.3 Å². The van der Waals surface area contributed by atoms with Gasteiger partial charge in [0.1, 0.15) is 0 Å². The summed E-state index contributed by atoms with van der Waals surface area (Å²) in [6, 6.07) is 0. The van der Waals surface area contributed by atoms with Crippen LogP contribution in [0.4, 0.5) is 0 Å². The summed E-state index contributed by atoms with van der Waals surface area (Å²) in [5, 5.41) is 9.04. The molecule has 3 nitrogen and oxygen atoms in total. The molecule has 0 aliphatic rings. The number of hydrogen-bond acceptors (Lipinski definition) is 3. The summed E-state index contributed by atoms with van der Waals surface area (Å²) in [6.07, 6.45) is 2.56. The summed E-state index contributed by atoms with van der Waals surface area (Å²) in [7, 11) is 1.64. The predicted octanol–water partition coefficient (Wildman–Crippen LogP) is 1.22. The highest BCUT2D eigenvalue weighted by Gasteiger charge is 2.18. The van der Waals surface area contributed by atoms with Gasteiger partial charge in [-0.2, -0.15) is 0 Å². The van der Waals surface area contributed by atoms with Gasteiger partial charge >= 0.3 is 0 Å². The molecule has 0 saturated heterocycles. The molecule has 0 saturated carbocycles. The molecule has 0 rings (SSSR count). The van der Waals surface area contributed by atoms with Crippen molar-refractivity contribution in [1.82, 2.24) is 0 Å². The van der Waals surface area contributed by atoms with Gasteiger partial charge < -0.3 is 14.6 Å². The van der Waals surface area contributed by atoms with Crippen LogP contribution in [0.2, 0.25) is 0 Å². The first-order valence-electron chi connectivity index (χ1n) is 4.49. The molecule has 0 aromatic carbocycles. The number of aliphatic hydroxyl groups excluding tert-OH is 1. The molecule has 0 aliphatic heterocycles. The van der Waals surface area contributed by atoms with E-state index in [1.807, 2.05) is 6.92 Å². The van der Waals surface area contributed by atoms with Crippen LogP contribution in [0.3, 0.4) is 0 Å². The van der Waals surface area contributed by atoms with E-state index in [1.54, 1.807) is 13.2 Å². The first kappa shape index (κ1) is 12.6. The van der Waals surface area contributed by atoms with Crippen molar-refractivity contribution in [1.29, 1.82) is 0 Å². The zero-order valence-electron chi connectivity index (χ0n) is 8.58. The first-order chi connectivity index (χ1) is 6.18. The lowest BCUT2D eigenvalue weighted by Gasteiger charge is -2.22. The number of aliphatic hydroxyl groups is 1. The molecule has 0 bridgehead atoms. The van der Waals surface area contributed by atoms with Gasteiger partial charge in [-0.3, -0.25) is 0 Å². The maximum Gasteiger partial charge on any atom is 0.0700 e. The fourth-order valence-corrected chi connectivity index (χ4v) is 0.795. The molecule has 0 aliphatic carbocycles. The van der Waals surface area contributed by atoms with Crippen LogP contribution in [-0.4, -0.2) is 38.6 Å². The topological polar surface area (TPSA) is 38.7 Å². The molecule has 3 heteroatoms. The number of hydrogen-bond donors (Lipinski definition) is 1. The lowest BCUT2D eigenvalue weighted by molar-refractivity contribution is 0.0505. The molecule has 0 radical (unpaired) electrons. The maximum atomic E-state index is 9.04. The quantitative estimate of drug-likeness (QED) is 0.460. The highest BCUT2D eigenvalue weighted by Crippen LogP contribution is 2.21. The van der Waals surface area contributed by atoms with Crippen molar-refractivity contribution in [3.05, 3.63) is 12.7 Å². The average molecular weight is 188 g/mol. The van der Waals surface area contributed by atoms with E-state index in [-0.39, 0.29) is 12.0 Å². The zero-order valence-corrected chi connectivity index (χ0v) is 8.58. The van der Waals surface area contributed by atoms with E-state index < -0.39 is 0 Å². The second-order valence-electron chi connectivity index (χ2n) is 3.37. The molecule has 0 aromatic rings. The largest absolute Gasteiger partial charge is 0.395 e. The standard InChI is InChI=1S/C10H20O3/c1-4-10(2,9-11)5-6-13-8-7-12-3/h4,11H,1,5-9H2,2-3H3. The second-order valence-corrected chi connectivity index (χ2v) is 3.37. The first-order valence-corrected chi connectivity index (χ1v) is 4.49. The van der Waals surface area contributed by atoms with Crippen LogP contribution in [0.25, 0.3) is 0 Å². The Kier molecular flexibility index (Phi) is 6.86. The summed E-state index contributed by atoms with van der Waals surface area (Å²) in [5.74, 6) is 0. The minimum Gasteiger partial charge on any atom is -0.395 e. The predicted molar refractivity (Wildman–Crippen MR) is 52.7 cm³/mol. The third-order valence-electron chi connectivity index (χ3n) is 2.10. The van der Waals surface area contributed by atoms with Crippen molar-refractivity contribution in [2.24, 2.45) is 5.41 Å². The van der Waals surface area contributed by atoms with Gasteiger partial charge in [-0.1, -0.05) is 13.0 Å². The van der Waals surface area contributed by atoms with Crippen LogP contribution >= 0.6 is 0 Å². The molecule has 0 spiro atoms. The van der Waals surface area contributed by atoms with Gasteiger partial charge in [0.2, 0.25) is 0 Å². The minimum absolute atomic E-state index is 0.115. The van der Waals surface area contributed by atoms with Gasteiger partial charge in [0, 0.05) is 19.1 Å². The summed E-state index contributed by atoms with van der Waals surface area (Å²) in [6.45, 7) is 7.60. The Bertz CT molecular complexity index is 136.